The van der Waals surface area contributed by atoms with E-state index >= 15 is 0 Å². The third-order valence-corrected chi connectivity index (χ3v) is 4.45. The molecule has 0 spiro atoms. The first-order valence-corrected chi connectivity index (χ1v) is 8.48. The monoisotopic (exact) mass is 352 g/mol. The van der Waals surface area contributed by atoms with Crippen LogP contribution in [-0.2, 0) is 10.0 Å². The van der Waals surface area contributed by atoms with Crippen molar-refractivity contribution in [2.75, 3.05) is 11.3 Å². The Bertz CT molecular complexity index is 859. The van der Waals surface area contributed by atoms with Gasteiger partial charge >= 0.3 is 6.01 Å². The number of hydrogen-bond acceptors (Lipinski definition) is 7. The molecule has 0 atom stereocenters. The zero-order valence-electron chi connectivity index (χ0n) is 13.3. The van der Waals surface area contributed by atoms with Crippen molar-refractivity contribution in [2.45, 2.75) is 25.7 Å². The molecule has 0 saturated heterocycles. The maximum Gasteiger partial charge on any atom is 0.316 e. The summed E-state index contributed by atoms with van der Waals surface area (Å²) in [6.45, 7) is 5.40. The quantitative estimate of drug-likeness (QED) is 0.624. The SMILES string of the molecule is CCOc1nc(C)c(NS(=O)(=O)c2cccc([N+](=O)[O-])c2)c(C)n1. The van der Waals surface area contributed by atoms with Crippen molar-refractivity contribution in [3.63, 3.8) is 0 Å². The van der Waals surface area contributed by atoms with Crippen molar-refractivity contribution in [3.8, 4) is 6.01 Å². The van der Waals surface area contributed by atoms with E-state index in [2.05, 4.69) is 14.7 Å². The molecule has 128 valence electrons. The molecule has 0 radical (unpaired) electrons. The summed E-state index contributed by atoms with van der Waals surface area (Å²) < 4.78 is 32.5. The molecule has 24 heavy (non-hydrogen) atoms. The van der Waals surface area contributed by atoms with Gasteiger partial charge in [-0.2, -0.15) is 9.97 Å². The van der Waals surface area contributed by atoms with Gasteiger partial charge in [0.05, 0.1) is 33.5 Å². The van der Waals surface area contributed by atoms with Crippen molar-refractivity contribution in [1.82, 2.24) is 9.97 Å². The van der Waals surface area contributed by atoms with Crippen molar-refractivity contribution in [3.05, 3.63) is 45.8 Å². The normalized spacial score (nSPS) is 11.1. The van der Waals surface area contributed by atoms with Crippen molar-refractivity contribution in [1.29, 1.82) is 0 Å². The number of nitrogens with zero attached hydrogens (tertiary/aromatic N) is 3. The van der Waals surface area contributed by atoms with Gasteiger partial charge in [-0.05, 0) is 26.8 Å². The van der Waals surface area contributed by atoms with E-state index in [0.29, 0.717) is 18.0 Å². The molecule has 0 aliphatic heterocycles. The third-order valence-electron chi connectivity index (χ3n) is 3.10. The molecule has 0 aliphatic rings. The van der Waals surface area contributed by atoms with Crippen LogP contribution in [0.15, 0.2) is 29.2 Å². The van der Waals surface area contributed by atoms with Gasteiger partial charge in [0, 0.05) is 12.1 Å². The summed E-state index contributed by atoms with van der Waals surface area (Å²) in [5.41, 5.74) is 0.680. The predicted molar refractivity (Wildman–Crippen MR) is 86.6 cm³/mol. The molecule has 0 bridgehead atoms. The lowest BCUT2D eigenvalue weighted by Gasteiger charge is -2.13. The Balaban J connectivity index is 2.39. The van der Waals surface area contributed by atoms with Gasteiger partial charge in [0.2, 0.25) is 0 Å². The average molecular weight is 352 g/mol. The van der Waals surface area contributed by atoms with Crippen LogP contribution in [0.2, 0.25) is 0 Å². The highest BCUT2D eigenvalue weighted by molar-refractivity contribution is 7.92. The number of nitro groups is 1. The Labute approximate surface area is 138 Å². The lowest BCUT2D eigenvalue weighted by atomic mass is 10.3. The molecule has 10 heteroatoms. The Kier molecular flexibility index (Phi) is 4.98. The van der Waals surface area contributed by atoms with Gasteiger partial charge in [0.25, 0.3) is 15.7 Å². The van der Waals surface area contributed by atoms with Crippen LogP contribution < -0.4 is 9.46 Å². The highest BCUT2D eigenvalue weighted by Gasteiger charge is 2.21. The molecular weight excluding hydrogens is 336 g/mol. The predicted octanol–water partition coefficient (Wildman–Crippen LogP) is 2.20. The minimum atomic E-state index is -4.01. The number of nitro benzene ring substituents is 1. The van der Waals surface area contributed by atoms with Crippen LogP contribution in [0, 0.1) is 24.0 Å². The second-order valence-electron chi connectivity index (χ2n) is 4.84. The number of ether oxygens (including phenoxy) is 1. The minimum absolute atomic E-state index is 0.158. The lowest BCUT2D eigenvalue weighted by Crippen LogP contribution is -2.16. The zero-order valence-corrected chi connectivity index (χ0v) is 14.1. The first-order chi connectivity index (χ1) is 11.2. The van der Waals surface area contributed by atoms with E-state index in [9.17, 15) is 18.5 Å². The number of nitrogens with one attached hydrogen (secondary N) is 1. The summed E-state index contributed by atoms with van der Waals surface area (Å²) >= 11 is 0. The lowest BCUT2D eigenvalue weighted by molar-refractivity contribution is -0.385. The smallest absolute Gasteiger partial charge is 0.316 e. The molecule has 2 rings (SSSR count). The number of anilines is 1. The fourth-order valence-electron chi connectivity index (χ4n) is 1.98. The summed E-state index contributed by atoms with van der Waals surface area (Å²) in [4.78, 5) is 18.1. The van der Waals surface area contributed by atoms with Gasteiger partial charge in [0.15, 0.2) is 0 Å². The van der Waals surface area contributed by atoms with E-state index in [4.69, 9.17) is 4.74 Å². The van der Waals surface area contributed by atoms with Gasteiger partial charge in [0.1, 0.15) is 0 Å². The van der Waals surface area contributed by atoms with E-state index in [1.165, 1.54) is 18.2 Å². The topological polar surface area (TPSA) is 124 Å². The second kappa shape index (κ2) is 6.79. The minimum Gasteiger partial charge on any atom is -0.464 e. The standard InChI is InChI=1S/C14H16N4O5S/c1-4-23-14-15-9(2)13(10(3)16-14)17-24(21,22)12-7-5-6-11(8-12)18(19)20/h5-8,17H,4H2,1-3H3. The van der Waals surface area contributed by atoms with Crippen LogP contribution in [0.4, 0.5) is 11.4 Å². The fourth-order valence-corrected chi connectivity index (χ4v) is 3.20. The van der Waals surface area contributed by atoms with Crippen LogP contribution in [0.5, 0.6) is 6.01 Å². The number of rotatable bonds is 6. The molecule has 1 aromatic carbocycles. The molecule has 1 aromatic heterocycles. The largest absolute Gasteiger partial charge is 0.464 e. The first-order valence-electron chi connectivity index (χ1n) is 7.00. The van der Waals surface area contributed by atoms with Gasteiger partial charge in [-0.25, -0.2) is 8.42 Å². The molecule has 0 unspecified atom stereocenters. The van der Waals surface area contributed by atoms with Crippen molar-refractivity contribution in [2.24, 2.45) is 0 Å². The Morgan fingerprint density at radius 3 is 2.42 bits per heavy atom. The summed E-state index contributed by atoms with van der Waals surface area (Å²) in [7, 11) is -4.01. The highest BCUT2D eigenvalue weighted by atomic mass is 32.2. The van der Waals surface area contributed by atoms with E-state index in [1.54, 1.807) is 20.8 Å². The van der Waals surface area contributed by atoms with Crippen molar-refractivity contribution < 1.29 is 18.1 Å². The maximum atomic E-state index is 12.5. The first kappa shape index (κ1) is 17.6. The highest BCUT2D eigenvalue weighted by Crippen LogP contribution is 2.24. The Morgan fingerprint density at radius 1 is 1.25 bits per heavy atom. The molecule has 2 aromatic rings. The van der Waals surface area contributed by atoms with Gasteiger partial charge in [-0.15, -0.1) is 0 Å². The average Bonchev–Trinajstić information content (AvgIpc) is 2.51. The van der Waals surface area contributed by atoms with Gasteiger partial charge < -0.3 is 4.74 Å². The molecule has 1 heterocycles. The summed E-state index contributed by atoms with van der Waals surface area (Å²) in [5.74, 6) is 0. The van der Waals surface area contributed by atoms with Gasteiger partial charge in [-0.3, -0.25) is 14.8 Å². The van der Waals surface area contributed by atoms with E-state index < -0.39 is 14.9 Å². The van der Waals surface area contributed by atoms with Crippen LogP contribution >= 0.6 is 0 Å². The van der Waals surface area contributed by atoms with Crippen LogP contribution in [0.25, 0.3) is 0 Å². The fraction of sp³-hybridized carbons (Fsp3) is 0.286. The molecule has 0 aliphatic carbocycles. The molecular formula is C14H16N4O5S. The van der Waals surface area contributed by atoms with Crippen LogP contribution in [0.1, 0.15) is 18.3 Å². The number of hydrogen-bond donors (Lipinski definition) is 1. The number of aryl methyl sites for hydroxylation is 2. The van der Waals surface area contributed by atoms with Crippen LogP contribution in [0.3, 0.4) is 0 Å². The van der Waals surface area contributed by atoms with Gasteiger partial charge in [-0.1, -0.05) is 6.07 Å². The van der Waals surface area contributed by atoms with E-state index in [-0.39, 0.29) is 22.3 Å². The maximum absolute atomic E-state index is 12.5. The Morgan fingerprint density at radius 2 is 1.88 bits per heavy atom. The summed E-state index contributed by atoms with van der Waals surface area (Å²) in [5, 5.41) is 10.8. The zero-order chi connectivity index (χ0) is 17.9. The number of aromatic nitrogens is 2. The van der Waals surface area contributed by atoms with E-state index in [1.807, 2.05) is 0 Å². The third kappa shape index (κ3) is 3.77. The Hall–Kier alpha value is -2.75. The molecule has 9 nitrogen and oxygen atoms in total. The van der Waals surface area contributed by atoms with Crippen molar-refractivity contribution >= 4 is 21.4 Å². The summed E-state index contributed by atoms with van der Waals surface area (Å²) in [6.07, 6.45) is 0. The number of sulfonamides is 1. The molecule has 0 saturated carbocycles. The second-order valence-corrected chi connectivity index (χ2v) is 6.53. The number of benzene rings is 1. The number of non-ortho nitro benzene ring substituents is 1. The van der Waals surface area contributed by atoms with E-state index in [0.717, 1.165) is 6.07 Å². The molecule has 0 fully saturated rings. The molecule has 0 amide bonds. The molecule has 1 N–H and O–H groups in total. The summed E-state index contributed by atoms with van der Waals surface area (Å²) in [6, 6.07) is 4.94. The van der Waals surface area contributed by atoms with Crippen LogP contribution in [-0.4, -0.2) is 29.9 Å².